The van der Waals surface area contributed by atoms with Crippen molar-refractivity contribution in [3.63, 3.8) is 0 Å². The van der Waals surface area contributed by atoms with Gasteiger partial charge in [-0.2, -0.15) is 0 Å². The fourth-order valence-corrected chi connectivity index (χ4v) is 1.70. The van der Waals surface area contributed by atoms with Gasteiger partial charge >= 0.3 is 0 Å². The zero-order valence-corrected chi connectivity index (χ0v) is 11.8. The van der Waals surface area contributed by atoms with Crippen molar-refractivity contribution in [2.45, 2.75) is 26.7 Å². The van der Waals surface area contributed by atoms with Gasteiger partial charge in [-0.3, -0.25) is 4.79 Å². The summed E-state index contributed by atoms with van der Waals surface area (Å²) in [6.45, 7) is 6.04. The maximum atomic E-state index is 11.6. The zero-order valence-electron chi connectivity index (χ0n) is 11.0. The first-order valence-electron chi connectivity index (χ1n) is 6.34. The lowest BCUT2D eigenvalue weighted by atomic mass is 10.1. The lowest BCUT2D eigenvalue weighted by molar-refractivity contribution is -0.116. The Balaban J connectivity index is 2.18. The van der Waals surface area contributed by atoms with Gasteiger partial charge in [-0.15, -0.1) is 0 Å². The summed E-state index contributed by atoms with van der Waals surface area (Å²) in [5, 5.41) is 6.70. The second kappa shape index (κ2) is 8.11. The highest BCUT2D eigenvalue weighted by Gasteiger charge is 2.02. The molecule has 2 N–H and O–H groups in total. The molecule has 1 aromatic carbocycles. The molecular weight excluding hydrogens is 248 g/mol. The van der Waals surface area contributed by atoms with Crippen LogP contribution >= 0.6 is 11.6 Å². The summed E-state index contributed by atoms with van der Waals surface area (Å²) in [5.41, 5.74) is 0.745. The van der Waals surface area contributed by atoms with Gasteiger partial charge in [-0.1, -0.05) is 31.5 Å². The number of hydrogen-bond acceptors (Lipinski definition) is 2. The van der Waals surface area contributed by atoms with Gasteiger partial charge in [-0.05, 0) is 37.1 Å². The Kier molecular flexibility index (Phi) is 6.76. The molecule has 0 fully saturated rings. The highest BCUT2D eigenvalue weighted by atomic mass is 35.5. The molecule has 1 amide bonds. The van der Waals surface area contributed by atoms with Crippen LogP contribution < -0.4 is 10.6 Å². The molecule has 0 saturated carbocycles. The molecule has 0 spiro atoms. The van der Waals surface area contributed by atoms with E-state index in [-0.39, 0.29) is 5.91 Å². The molecule has 0 aliphatic rings. The number of halogens is 1. The van der Waals surface area contributed by atoms with Crippen LogP contribution in [-0.2, 0) is 4.79 Å². The third-order valence-corrected chi connectivity index (χ3v) is 2.77. The molecule has 0 bridgehead atoms. The summed E-state index contributed by atoms with van der Waals surface area (Å²) in [5.74, 6) is 0.701. The van der Waals surface area contributed by atoms with E-state index in [1.54, 1.807) is 12.1 Å². The Bertz CT molecular complexity index is 380. The molecule has 0 aromatic heterocycles. The zero-order chi connectivity index (χ0) is 13.4. The lowest BCUT2D eigenvalue weighted by Gasteiger charge is -2.08. The van der Waals surface area contributed by atoms with Crippen molar-refractivity contribution in [1.29, 1.82) is 0 Å². The van der Waals surface area contributed by atoms with E-state index in [1.807, 2.05) is 12.1 Å². The Labute approximate surface area is 114 Å². The molecule has 0 heterocycles. The van der Waals surface area contributed by atoms with Gasteiger partial charge < -0.3 is 10.6 Å². The number of carbonyl (C=O) groups excluding carboxylic acids is 1. The first kappa shape index (κ1) is 15.0. The smallest absolute Gasteiger partial charge is 0.225 e. The molecule has 1 rings (SSSR count). The van der Waals surface area contributed by atoms with Crippen LogP contribution in [0.25, 0.3) is 0 Å². The van der Waals surface area contributed by atoms with Crippen molar-refractivity contribution < 1.29 is 4.79 Å². The number of carbonyl (C=O) groups is 1. The highest BCUT2D eigenvalue weighted by Crippen LogP contribution is 2.14. The van der Waals surface area contributed by atoms with E-state index in [0.29, 0.717) is 23.9 Å². The molecule has 3 nitrogen and oxygen atoms in total. The highest BCUT2D eigenvalue weighted by molar-refractivity contribution is 6.30. The summed E-state index contributed by atoms with van der Waals surface area (Å²) in [6.07, 6.45) is 1.61. The van der Waals surface area contributed by atoms with Crippen LogP contribution in [0.5, 0.6) is 0 Å². The van der Waals surface area contributed by atoms with E-state index >= 15 is 0 Å². The van der Waals surface area contributed by atoms with Crippen molar-refractivity contribution in [1.82, 2.24) is 5.32 Å². The Morgan fingerprint density at radius 2 is 2.11 bits per heavy atom. The number of amides is 1. The van der Waals surface area contributed by atoms with Crippen LogP contribution in [0.2, 0.25) is 5.02 Å². The molecule has 4 heteroatoms. The summed E-state index contributed by atoms with van der Waals surface area (Å²) < 4.78 is 0. The molecule has 0 saturated heterocycles. The van der Waals surface area contributed by atoms with Crippen molar-refractivity contribution in [2.24, 2.45) is 5.92 Å². The van der Waals surface area contributed by atoms with E-state index in [4.69, 9.17) is 11.6 Å². The first-order chi connectivity index (χ1) is 8.58. The maximum Gasteiger partial charge on any atom is 0.225 e. The predicted molar refractivity (Wildman–Crippen MR) is 77.0 cm³/mol. The quantitative estimate of drug-likeness (QED) is 0.745. The second-order valence-electron chi connectivity index (χ2n) is 4.74. The van der Waals surface area contributed by atoms with Gasteiger partial charge in [0.2, 0.25) is 5.91 Å². The summed E-state index contributed by atoms with van der Waals surface area (Å²) in [7, 11) is 0. The van der Waals surface area contributed by atoms with Crippen LogP contribution in [0.4, 0.5) is 5.69 Å². The molecular formula is C14H21ClN2O. The van der Waals surface area contributed by atoms with E-state index in [2.05, 4.69) is 24.5 Å². The van der Waals surface area contributed by atoms with Crippen molar-refractivity contribution in [3.05, 3.63) is 29.3 Å². The fourth-order valence-electron chi connectivity index (χ4n) is 1.51. The third-order valence-electron chi connectivity index (χ3n) is 2.54. The number of hydrogen-bond donors (Lipinski definition) is 2. The minimum absolute atomic E-state index is 0.00862. The first-order valence-corrected chi connectivity index (χ1v) is 6.72. The van der Waals surface area contributed by atoms with Crippen LogP contribution in [0.3, 0.4) is 0 Å². The minimum atomic E-state index is 0.00862. The van der Waals surface area contributed by atoms with E-state index < -0.39 is 0 Å². The lowest BCUT2D eigenvalue weighted by Crippen LogP contribution is -2.23. The van der Waals surface area contributed by atoms with Gasteiger partial charge in [0.15, 0.2) is 0 Å². The topological polar surface area (TPSA) is 41.1 Å². The van der Waals surface area contributed by atoms with E-state index in [0.717, 1.165) is 18.7 Å². The maximum absolute atomic E-state index is 11.6. The molecule has 100 valence electrons. The Morgan fingerprint density at radius 1 is 1.33 bits per heavy atom. The van der Waals surface area contributed by atoms with Gasteiger partial charge in [0.05, 0.1) is 0 Å². The van der Waals surface area contributed by atoms with Gasteiger partial charge in [0, 0.05) is 23.7 Å². The van der Waals surface area contributed by atoms with Crippen molar-refractivity contribution >= 4 is 23.2 Å². The average Bonchev–Trinajstić information content (AvgIpc) is 2.28. The van der Waals surface area contributed by atoms with Crippen LogP contribution in [-0.4, -0.2) is 19.0 Å². The third kappa shape index (κ3) is 6.62. The Hall–Kier alpha value is -1.06. The van der Waals surface area contributed by atoms with Crippen LogP contribution in [0.15, 0.2) is 24.3 Å². The monoisotopic (exact) mass is 268 g/mol. The number of nitrogens with one attached hydrogen (secondary N) is 2. The van der Waals surface area contributed by atoms with Gasteiger partial charge in [0.25, 0.3) is 0 Å². The molecule has 0 radical (unpaired) electrons. The normalized spacial score (nSPS) is 10.7. The molecule has 18 heavy (non-hydrogen) atoms. The van der Waals surface area contributed by atoms with Gasteiger partial charge in [0.1, 0.15) is 0 Å². The Morgan fingerprint density at radius 3 is 2.78 bits per heavy atom. The second-order valence-corrected chi connectivity index (χ2v) is 5.18. The SMILES string of the molecule is CC(C)CCNCCC(=O)Nc1cccc(Cl)c1. The summed E-state index contributed by atoms with van der Waals surface area (Å²) >= 11 is 5.84. The van der Waals surface area contributed by atoms with Crippen LogP contribution in [0, 0.1) is 5.92 Å². The largest absolute Gasteiger partial charge is 0.326 e. The predicted octanol–water partition coefficient (Wildman–Crippen LogP) is 3.30. The molecule has 0 unspecified atom stereocenters. The van der Waals surface area contributed by atoms with Crippen molar-refractivity contribution in [2.75, 3.05) is 18.4 Å². The standard InChI is InChI=1S/C14H21ClN2O/c1-11(2)6-8-16-9-7-14(18)17-13-5-3-4-12(15)10-13/h3-5,10-11,16H,6-9H2,1-2H3,(H,17,18). The molecule has 1 aromatic rings. The van der Waals surface area contributed by atoms with E-state index in [1.165, 1.54) is 0 Å². The molecule has 0 aliphatic heterocycles. The van der Waals surface area contributed by atoms with Gasteiger partial charge in [-0.25, -0.2) is 0 Å². The minimum Gasteiger partial charge on any atom is -0.326 e. The van der Waals surface area contributed by atoms with Crippen molar-refractivity contribution in [3.8, 4) is 0 Å². The van der Waals surface area contributed by atoms with Crippen LogP contribution in [0.1, 0.15) is 26.7 Å². The van der Waals surface area contributed by atoms with E-state index in [9.17, 15) is 4.79 Å². The average molecular weight is 269 g/mol. The number of benzene rings is 1. The molecule has 0 aliphatic carbocycles. The number of rotatable bonds is 7. The summed E-state index contributed by atoms with van der Waals surface area (Å²) in [6, 6.07) is 7.17. The fraction of sp³-hybridized carbons (Fsp3) is 0.500. The summed E-state index contributed by atoms with van der Waals surface area (Å²) in [4.78, 5) is 11.6. The molecule has 0 atom stereocenters. The number of anilines is 1.